The number of carbonyl (C=O) groups excluding carboxylic acids is 1. The summed E-state index contributed by atoms with van der Waals surface area (Å²) in [6.45, 7) is 5.52. The zero-order valence-corrected chi connectivity index (χ0v) is 12.2. The minimum atomic E-state index is -0.546. The fraction of sp³-hybridized carbons (Fsp3) is 0.385. The summed E-state index contributed by atoms with van der Waals surface area (Å²) in [7, 11) is 0. The number of amides is 1. The van der Waals surface area contributed by atoms with Crippen LogP contribution in [-0.4, -0.2) is 26.6 Å². The molecule has 1 amide bonds. The summed E-state index contributed by atoms with van der Waals surface area (Å²) in [6, 6.07) is 1.74. The number of aromatic nitrogens is 3. The van der Waals surface area contributed by atoms with Gasteiger partial charge in [-0.05, 0) is 26.8 Å². The number of hydrogen-bond acceptors (Lipinski definition) is 5. The third-order valence-electron chi connectivity index (χ3n) is 2.29. The van der Waals surface area contributed by atoms with Crippen molar-refractivity contribution in [3.8, 4) is 0 Å². The Morgan fingerprint density at radius 1 is 1.40 bits per heavy atom. The lowest BCUT2D eigenvalue weighted by Crippen LogP contribution is -2.32. The Labute approximate surface area is 121 Å². The molecular formula is C13H15ClN4O2. The summed E-state index contributed by atoms with van der Waals surface area (Å²) < 4.78 is 5.13. The molecule has 20 heavy (non-hydrogen) atoms. The Bertz CT molecular complexity index is 640. The monoisotopic (exact) mass is 294 g/mol. The van der Waals surface area contributed by atoms with E-state index in [1.165, 1.54) is 0 Å². The molecule has 1 N–H and O–H groups in total. The van der Waals surface area contributed by atoms with Crippen LogP contribution in [0.3, 0.4) is 0 Å². The van der Waals surface area contributed by atoms with Gasteiger partial charge in [-0.3, -0.25) is 4.98 Å². The number of ether oxygens (including phenoxy) is 1. The Hall–Kier alpha value is -1.95. The molecule has 0 aromatic carbocycles. The first-order valence-corrected chi connectivity index (χ1v) is 6.46. The van der Waals surface area contributed by atoms with E-state index in [1.54, 1.807) is 39.2 Å². The average molecular weight is 295 g/mol. The summed E-state index contributed by atoms with van der Waals surface area (Å²) in [5.74, 6) is 0.404. The predicted molar refractivity (Wildman–Crippen MR) is 75.4 cm³/mol. The number of halogens is 1. The summed E-state index contributed by atoms with van der Waals surface area (Å²) in [4.78, 5) is 23.9. The summed E-state index contributed by atoms with van der Waals surface area (Å²) in [5.41, 5.74) is 0.0871. The number of hydrogen-bond donors (Lipinski definition) is 1. The van der Waals surface area contributed by atoms with Crippen molar-refractivity contribution in [2.45, 2.75) is 32.9 Å². The molecule has 0 aliphatic carbocycles. The maximum absolute atomic E-state index is 11.5. The van der Waals surface area contributed by atoms with Gasteiger partial charge in [0.15, 0.2) is 0 Å². The zero-order chi connectivity index (χ0) is 14.8. The van der Waals surface area contributed by atoms with Crippen molar-refractivity contribution in [1.29, 1.82) is 0 Å². The molecule has 0 radical (unpaired) electrons. The maximum Gasteiger partial charge on any atom is 0.408 e. The molecule has 2 heterocycles. The van der Waals surface area contributed by atoms with Gasteiger partial charge < -0.3 is 10.1 Å². The van der Waals surface area contributed by atoms with Crippen molar-refractivity contribution in [3.63, 3.8) is 0 Å². The van der Waals surface area contributed by atoms with Crippen molar-refractivity contribution in [2.24, 2.45) is 0 Å². The summed E-state index contributed by atoms with van der Waals surface area (Å²) in [5, 5.41) is 3.64. The highest BCUT2D eigenvalue weighted by Gasteiger charge is 2.16. The molecule has 0 unspecified atom stereocenters. The molecular weight excluding hydrogens is 280 g/mol. The first-order valence-electron chi connectivity index (χ1n) is 6.08. The SMILES string of the molecule is CC(C)(C)OC(=O)NCc1nc(Cl)c2ccncc2n1. The molecule has 0 atom stereocenters. The van der Waals surface area contributed by atoms with Gasteiger partial charge in [-0.15, -0.1) is 0 Å². The van der Waals surface area contributed by atoms with Crippen LogP contribution >= 0.6 is 11.6 Å². The summed E-state index contributed by atoms with van der Waals surface area (Å²) >= 11 is 6.06. The zero-order valence-electron chi connectivity index (χ0n) is 11.5. The second-order valence-corrected chi connectivity index (χ2v) is 5.54. The Morgan fingerprint density at radius 2 is 2.15 bits per heavy atom. The second kappa shape index (κ2) is 5.58. The van der Waals surface area contributed by atoms with Crippen LogP contribution in [-0.2, 0) is 11.3 Å². The fourth-order valence-corrected chi connectivity index (χ4v) is 1.79. The van der Waals surface area contributed by atoms with E-state index in [1.807, 2.05) is 0 Å². The number of pyridine rings is 1. The molecule has 0 bridgehead atoms. The molecule has 2 aromatic rings. The van der Waals surface area contributed by atoms with Crippen LogP contribution in [0.4, 0.5) is 4.79 Å². The fourth-order valence-electron chi connectivity index (χ4n) is 1.53. The van der Waals surface area contributed by atoms with E-state index in [-0.39, 0.29) is 6.54 Å². The van der Waals surface area contributed by atoms with Gasteiger partial charge in [0.2, 0.25) is 0 Å². The molecule has 7 heteroatoms. The van der Waals surface area contributed by atoms with Crippen LogP contribution in [0.2, 0.25) is 5.15 Å². The number of nitrogens with one attached hydrogen (secondary N) is 1. The first kappa shape index (κ1) is 14.5. The minimum Gasteiger partial charge on any atom is -0.444 e. The smallest absolute Gasteiger partial charge is 0.408 e. The number of fused-ring (bicyclic) bond motifs is 1. The van der Waals surface area contributed by atoms with Crippen LogP contribution in [0.25, 0.3) is 10.9 Å². The molecule has 0 spiro atoms. The van der Waals surface area contributed by atoms with E-state index in [0.717, 1.165) is 5.39 Å². The van der Waals surface area contributed by atoms with Crippen molar-refractivity contribution in [1.82, 2.24) is 20.3 Å². The van der Waals surface area contributed by atoms with Crippen LogP contribution in [0, 0.1) is 0 Å². The van der Waals surface area contributed by atoms with Crippen LogP contribution in [0.15, 0.2) is 18.5 Å². The van der Waals surface area contributed by atoms with E-state index in [9.17, 15) is 4.79 Å². The highest BCUT2D eigenvalue weighted by atomic mass is 35.5. The molecule has 2 aromatic heterocycles. The van der Waals surface area contributed by atoms with Crippen molar-refractivity contribution < 1.29 is 9.53 Å². The molecule has 106 valence electrons. The first-order chi connectivity index (χ1) is 9.35. The standard InChI is InChI=1S/C13H15ClN4O2/c1-13(2,3)20-12(19)16-7-10-17-9-6-15-5-4-8(9)11(14)18-10/h4-6H,7H2,1-3H3,(H,16,19). The average Bonchev–Trinajstić information content (AvgIpc) is 2.34. The van der Waals surface area contributed by atoms with Gasteiger partial charge in [0, 0.05) is 11.6 Å². The van der Waals surface area contributed by atoms with Gasteiger partial charge >= 0.3 is 6.09 Å². The lowest BCUT2D eigenvalue weighted by atomic mass is 10.2. The largest absolute Gasteiger partial charge is 0.444 e. The third-order valence-corrected chi connectivity index (χ3v) is 2.58. The van der Waals surface area contributed by atoms with Gasteiger partial charge in [0.1, 0.15) is 16.6 Å². The van der Waals surface area contributed by atoms with Crippen LogP contribution in [0.5, 0.6) is 0 Å². The molecule has 6 nitrogen and oxygen atoms in total. The molecule has 0 saturated heterocycles. The third kappa shape index (κ3) is 3.77. The van der Waals surface area contributed by atoms with Gasteiger partial charge in [-0.2, -0.15) is 0 Å². The summed E-state index contributed by atoms with van der Waals surface area (Å²) in [6.07, 6.45) is 2.69. The van der Waals surface area contributed by atoms with Crippen molar-refractivity contribution in [2.75, 3.05) is 0 Å². The number of nitrogens with zero attached hydrogens (tertiary/aromatic N) is 3. The minimum absolute atomic E-state index is 0.138. The van der Waals surface area contributed by atoms with Gasteiger partial charge in [0.05, 0.1) is 18.3 Å². The number of carbonyl (C=O) groups is 1. The molecule has 0 fully saturated rings. The lowest BCUT2D eigenvalue weighted by molar-refractivity contribution is 0.0522. The highest BCUT2D eigenvalue weighted by molar-refractivity contribution is 6.34. The van der Waals surface area contributed by atoms with Gasteiger partial charge in [0.25, 0.3) is 0 Å². The second-order valence-electron chi connectivity index (χ2n) is 5.18. The number of rotatable bonds is 2. The van der Waals surface area contributed by atoms with Crippen LogP contribution < -0.4 is 5.32 Å². The molecule has 0 aliphatic rings. The van der Waals surface area contributed by atoms with E-state index >= 15 is 0 Å². The van der Waals surface area contributed by atoms with E-state index in [2.05, 4.69) is 20.3 Å². The van der Waals surface area contributed by atoms with Gasteiger partial charge in [-0.25, -0.2) is 14.8 Å². The van der Waals surface area contributed by atoms with E-state index in [4.69, 9.17) is 16.3 Å². The predicted octanol–water partition coefficient (Wildman–Crippen LogP) is 2.70. The van der Waals surface area contributed by atoms with E-state index in [0.29, 0.717) is 16.5 Å². The van der Waals surface area contributed by atoms with Crippen LogP contribution in [0.1, 0.15) is 26.6 Å². The molecule has 0 aliphatic heterocycles. The maximum atomic E-state index is 11.5. The Balaban J connectivity index is 2.09. The Kier molecular flexibility index (Phi) is 4.04. The van der Waals surface area contributed by atoms with Gasteiger partial charge in [-0.1, -0.05) is 11.6 Å². The van der Waals surface area contributed by atoms with E-state index < -0.39 is 11.7 Å². The quantitative estimate of drug-likeness (QED) is 0.862. The molecule has 0 saturated carbocycles. The van der Waals surface area contributed by atoms with Crippen molar-refractivity contribution in [3.05, 3.63) is 29.4 Å². The normalized spacial score (nSPS) is 11.4. The highest BCUT2D eigenvalue weighted by Crippen LogP contribution is 2.18. The van der Waals surface area contributed by atoms with Crippen molar-refractivity contribution >= 4 is 28.6 Å². The number of alkyl carbamates (subject to hydrolysis) is 1. The lowest BCUT2D eigenvalue weighted by Gasteiger charge is -2.19. The topological polar surface area (TPSA) is 77.0 Å². The Morgan fingerprint density at radius 3 is 2.85 bits per heavy atom. The molecule has 2 rings (SSSR count).